The highest BCUT2D eigenvalue weighted by atomic mass is 32.1. The molecular formula is C15H18N2O2S. The van der Waals surface area contributed by atoms with E-state index < -0.39 is 0 Å². The fourth-order valence-electron chi connectivity index (χ4n) is 1.98. The monoisotopic (exact) mass is 290 g/mol. The maximum atomic E-state index is 12.3. The maximum absolute atomic E-state index is 12.3. The quantitative estimate of drug-likeness (QED) is 0.831. The minimum Gasteiger partial charge on any atom is -0.497 e. The minimum atomic E-state index is -0.143. The lowest BCUT2D eigenvalue weighted by molar-refractivity contribution is 0.0936. The first kappa shape index (κ1) is 14.4. The van der Waals surface area contributed by atoms with Crippen LogP contribution in [-0.4, -0.2) is 13.0 Å². The highest BCUT2D eigenvalue weighted by molar-refractivity contribution is 7.10. The van der Waals surface area contributed by atoms with Crippen molar-refractivity contribution in [3.8, 4) is 5.75 Å². The van der Waals surface area contributed by atoms with Crippen LogP contribution in [0.5, 0.6) is 5.75 Å². The van der Waals surface area contributed by atoms with Crippen LogP contribution >= 0.6 is 11.3 Å². The first-order valence-corrected chi connectivity index (χ1v) is 7.30. The second kappa shape index (κ2) is 6.43. The number of rotatable bonds is 5. The molecule has 0 aliphatic heterocycles. The highest BCUT2D eigenvalue weighted by Gasteiger charge is 2.15. The van der Waals surface area contributed by atoms with E-state index in [1.54, 1.807) is 36.6 Å². The van der Waals surface area contributed by atoms with Crippen molar-refractivity contribution in [2.45, 2.75) is 19.4 Å². The van der Waals surface area contributed by atoms with Crippen molar-refractivity contribution in [3.63, 3.8) is 0 Å². The summed E-state index contributed by atoms with van der Waals surface area (Å²) in [6.07, 6.45) is 0.839. The van der Waals surface area contributed by atoms with Crippen molar-refractivity contribution < 1.29 is 9.53 Å². The molecule has 2 aromatic rings. The highest BCUT2D eigenvalue weighted by Crippen LogP contribution is 2.23. The second-order valence-electron chi connectivity index (χ2n) is 4.44. The summed E-state index contributed by atoms with van der Waals surface area (Å²) in [6.45, 7) is 2.05. The molecule has 1 heterocycles. The molecule has 0 aliphatic rings. The Bertz CT molecular complexity index is 582. The molecule has 1 aromatic carbocycles. The van der Waals surface area contributed by atoms with E-state index in [0.717, 1.165) is 11.3 Å². The van der Waals surface area contributed by atoms with Crippen LogP contribution < -0.4 is 15.8 Å². The zero-order valence-electron chi connectivity index (χ0n) is 11.6. The van der Waals surface area contributed by atoms with Crippen LogP contribution in [0.15, 0.2) is 35.7 Å². The van der Waals surface area contributed by atoms with Crippen molar-refractivity contribution in [2.75, 3.05) is 12.8 Å². The fourth-order valence-corrected chi connectivity index (χ4v) is 2.84. The molecule has 1 aromatic heterocycles. The molecule has 0 fully saturated rings. The second-order valence-corrected chi connectivity index (χ2v) is 5.42. The number of hydrogen-bond donors (Lipinski definition) is 2. The molecule has 4 nitrogen and oxygen atoms in total. The summed E-state index contributed by atoms with van der Waals surface area (Å²) in [6, 6.07) is 9.06. The van der Waals surface area contributed by atoms with Gasteiger partial charge in [-0.25, -0.2) is 0 Å². The molecule has 1 atom stereocenters. The third-order valence-electron chi connectivity index (χ3n) is 3.03. The smallest absolute Gasteiger partial charge is 0.252 e. The van der Waals surface area contributed by atoms with Crippen LogP contribution in [0.3, 0.4) is 0 Å². The maximum Gasteiger partial charge on any atom is 0.252 e. The van der Waals surface area contributed by atoms with Gasteiger partial charge in [-0.2, -0.15) is 0 Å². The molecule has 0 bridgehead atoms. The molecule has 5 heteroatoms. The average Bonchev–Trinajstić information content (AvgIpc) is 2.97. The van der Waals surface area contributed by atoms with E-state index in [1.165, 1.54) is 0 Å². The van der Waals surface area contributed by atoms with E-state index in [9.17, 15) is 4.79 Å². The summed E-state index contributed by atoms with van der Waals surface area (Å²) in [4.78, 5) is 13.5. The molecular weight excluding hydrogens is 272 g/mol. The third-order valence-corrected chi connectivity index (χ3v) is 4.01. The SMILES string of the molecule is CCC(NC(=O)c1cc(N)cc(OC)c1)c1cccs1. The number of hydrogen-bond acceptors (Lipinski definition) is 4. The van der Waals surface area contributed by atoms with Gasteiger partial charge in [0.1, 0.15) is 5.75 Å². The number of amides is 1. The van der Waals surface area contributed by atoms with E-state index in [2.05, 4.69) is 5.32 Å². The van der Waals surface area contributed by atoms with Gasteiger partial charge < -0.3 is 15.8 Å². The molecule has 1 amide bonds. The first-order chi connectivity index (χ1) is 9.63. The van der Waals surface area contributed by atoms with E-state index in [4.69, 9.17) is 10.5 Å². The van der Waals surface area contributed by atoms with Gasteiger partial charge in [0.2, 0.25) is 0 Å². The lowest BCUT2D eigenvalue weighted by Gasteiger charge is -2.16. The Morgan fingerprint density at radius 1 is 1.45 bits per heavy atom. The van der Waals surface area contributed by atoms with Crippen LogP contribution in [0.1, 0.15) is 34.6 Å². The Balaban J connectivity index is 2.17. The molecule has 0 spiro atoms. The summed E-state index contributed by atoms with van der Waals surface area (Å²) in [5.74, 6) is 0.440. The molecule has 0 saturated heterocycles. The minimum absolute atomic E-state index is 0.0231. The lowest BCUT2D eigenvalue weighted by atomic mass is 10.1. The Labute approximate surface area is 122 Å². The number of thiophene rings is 1. The molecule has 106 valence electrons. The van der Waals surface area contributed by atoms with Crippen molar-refractivity contribution in [1.29, 1.82) is 0 Å². The van der Waals surface area contributed by atoms with Gasteiger partial charge in [0.25, 0.3) is 5.91 Å². The van der Waals surface area contributed by atoms with Crippen molar-refractivity contribution >= 4 is 22.9 Å². The number of carbonyl (C=O) groups is 1. The van der Waals surface area contributed by atoms with Crippen LogP contribution in [0.2, 0.25) is 0 Å². The van der Waals surface area contributed by atoms with E-state index in [0.29, 0.717) is 17.0 Å². The zero-order chi connectivity index (χ0) is 14.5. The van der Waals surface area contributed by atoms with Gasteiger partial charge in [0.05, 0.1) is 13.2 Å². The predicted molar refractivity (Wildman–Crippen MR) is 82.2 cm³/mol. The van der Waals surface area contributed by atoms with Crippen molar-refractivity contribution in [3.05, 3.63) is 46.2 Å². The van der Waals surface area contributed by atoms with E-state index in [-0.39, 0.29) is 11.9 Å². The van der Waals surface area contributed by atoms with Gasteiger partial charge in [-0.05, 0) is 30.0 Å². The van der Waals surface area contributed by atoms with Crippen LogP contribution in [0.25, 0.3) is 0 Å². The van der Waals surface area contributed by atoms with Crippen molar-refractivity contribution in [2.24, 2.45) is 0 Å². The molecule has 2 rings (SSSR count). The largest absolute Gasteiger partial charge is 0.497 e. The summed E-state index contributed by atoms with van der Waals surface area (Å²) >= 11 is 1.64. The Morgan fingerprint density at radius 2 is 2.25 bits per heavy atom. The van der Waals surface area contributed by atoms with Crippen LogP contribution in [-0.2, 0) is 0 Å². The summed E-state index contributed by atoms with van der Waals surface area (Å²) < 4.78 is 5.13. The molecule has 0 saturated carbocycles. The molecule has 20 heavy (non-hydrogen) atoms. The fraction of sp³-hybridized carbons (Fsp3) is 0.267. The summed E-state index contributed by atoms with van der Waals surface area (Å²) in [5, 5.41) is 5.03. The standard InChI is InChI=1S/C15H18N2O2S/c1-3-13(14-5-4-6-20-14)17-15(18)10-7-11(16)9-12(8-10)19-2/h4-9,13H,3,16H2,1-2H3,(H,17,18). The summed E-state index contributed by atoms with van der Waals surface area (Å²) in [5.41, 5.74) is 6.80. The van der Waals surface area contributed by atoms with E-state index >= 15 is 0 Å². The predicted octanol–water partition coefficient (Wildman–Crippen LogP) is 3.22. The Hall–Kier alpha value is -2.01. The third kappa shape index (κ3) is 3.30. The van der Waals surface area contributed by atoms with Gasteiger partial charge in [-0.3, -0.25) is 4.79 Å². The number of benzene rings is 1. The number of carbonyl (C=O) groups excluding carboxylic acids is 1. The number of nitrogens with one attached hydrogen (secondary N) is 1. The van der Waals surface area contributed by atoms with Gasteiger partial charge in [-0.15, -0.1) is 11.3 Å². The number of nitrogen functional groups attached to an aromatic ring is 1. The van der Waals surface area contributed by atoms with E-state index in [1.807, 2.05) is 24.4 Å². The first-order valence-electron chi connectivity index (χ1n) is 6.43. The van der Waals surface area contributed by atoms with Crippen LogP contribution in [0, 0.1) is 0 Å². The number of nitrogens with two attached hydrogens (primary N) is 1. The lowest BCUT2D eigenvalue weighted by Crippen LogP contribution is -2.27. The van der Waals surface area contributed by atoms with Gasteiger partial charge >= 0.3 is 0 Å². The number of anilines is 1. The molecule has 1 unspecified atom stereocenters. The van der Waals surface area contributed by atoms with Gasteiger partial charge in [0, 0.05) is 22.2 Å². The molecule has 3 N–H and O–H groups in total. The Kier molecular flexibility index (Phi) is 4.63. The number of ether oxygens (including phenoxy) is 1. The molecule has 0 aliphatic carbocycles. The summed E-state index contributed by atoms with van der Waals surface area (Å²) in [7, 11) is 1.55. The normalized spacial score (nSPS) is 11.9. The van der Waals surface area contributed by atoms with Gasteiger partial charge in [0.15, 0.2) is 0 Å². The Morgan fingerprint density at radius 3 is 2.85 bits per heavy atom. The topological polar surface area (TPSA) is 64.4 Å². The van der Waals surface area contributed by atoms with Gasteiger partial charge in [-0.1, -0.05) is 13.0 Å². The number of methoxy groups -OCH3 is 1. The van der Waals surface area contributed by atoms with Crippen LogP contribution in [0.4, 0.5) is 5.69 Å². The molecule has 0 radical (unpaired) electrons. The van der Waals surface area contributed by atoms with Crippen molar-refractivity contribution in [1.82, 2.24) is 5.32 Å². The average molecular weight is 290 g/mol. The zero-order valence-corrected chi connectivity index (χ0v) is 12.4.